The molecule has 0 radical (unpaired) electrons. The van der Waals surface area contributed by atoms with Crippen LogP contribution < -0.4 is 0 Å². The van der Waals surface area contributed by atoms with E-state index in [2.05, 4.69) is 9.97 Å². The molecule has 30 heavy (non-hydrogen) atoms. The molecule has 0 bridgehead atoms. The van der Waals surface area contributed by atoms with E-state index in [1.165, 1.54) is 12.3 Å². The van der Waals surface area contributed by atoms with Crippen LogP contribution in [0.15, 0.2) is 66.9 Å². The van der Waals surface area contributed by atoms with Gasteiger partial charge in [0.15, 0.2) is 11.5 Å². The molecule has 0 aliphatic rings. The third-order valence-corrected chi connectivity index (χ3v) is 4.89. The van der Waals surface area contributed by atoms with Crippen molar-refractivity contribution < 1.29 is 8.78 Å². The van der Waals surface area contributed by atoms with Gasteiger partial charge in [-0.3, -0.25) is 0 Å². The molecule has 0 amide bonds. The van der Waals surface area contributed by atoms with Gasteiger partial charge in [0, 0.05) is 21.8 Å². The molecule has 0 aliphatic heterocycles. The molecule has 0 spiro atoms. The molecule has 3 aromatic carbocycles. The third kappa shape index (κ3) is 3.88. The van der Waals surface area contributed by atoms with Crippen LogP contribution in [-0.2, 0) is 0 Å². The number of rotatable bonds is 3. The van der Waals surface area contributed by atoms with Gasteiger partial charge in [0.05, 0.1) is 5.56 Å². The van der Waals surface area contributed by atoms with E-state index in [-0.39, 0.29) is 17.1 Å². The van der Waals surface area contributed by atoms with Crippen molar-refractivity contribution in [2.45, 2.75) is 0 Å². The first-order valence-electron chi connectivity index (χ1n) is 8.74. The molecular formula is C23H11Cl2F2N3. The van der Waals surface area contributed by atoms with Crippen LogP contribution in [0, 0.1) is 23.0 Å². The number of nitriles is 1. The fraction of sp³-hybridized carbons (Fsp3) is 0. The van der Waals surface area contributed by atoms with Gasteiger partial charge < -0.3 is 0 Å². The van der Waals surface area contributed by atoms with E-state index in [1.807, 2.05) is 24.3 Å². The third-order valence-electron chi connectivity index (χ3n) is 4.45. The highest BCUT2D eigenvalue weighted by molar-refractivity contribution is 6.35. The molecule has 146 valence electrons. The van der Waals surface area contributed by atoms with Gasteiger partial charge in [-0.05, 0) is 53.1 Å². The van der Waals surface area contributed by atoms with E-state index < -0.39 is 11.6 Å². The van der Waals surface area contributed by atoms with Gasteiger partial charge in [-0.15, -0.1) is 0 Å². The first-order valence-corrected chi connectivity index (χ1v) is 9.50. The summed E-state index contributed by atoms with van der Waals surface area (Å²) in [5.41, 5.74) is 2.37. The molecule has 0 unspecified atom stereocenters. The molecule has 4 rings (SSSR count). The molecule has 4 aromatic rings. The zero-order valence-corrected chi connectivity index (χ0v) is 16.7. The first-order chi connectivity index (χ1) is 14.5. The Morgan fingerprint density at radius 2 is 1.43 bits per heavy atom. The molecule has 3 nitrogen and oxygen atoms in total. The molecule has 7 heteroatoms. The summed E-state index contributed by atoms with van der Waals surface area (Å²) in [7, 11) is 0. The SMILES string of the molecule is N#Cc1nc(-c2c(F)cccc2F)ncc1-c1cccc(-c2cc(Cl)cc(Cl)c2)c1. The van der Waals surface area contributed by atoms with Crippen molar-refractivity contribution >= 4 is 23.2 Å². The van der Waals surface area contributed by atoms with E-state index in [4.69, 9.17) is 23.2 Å². The lowest BCUT2D eigenvalue weighted by molar-refractivity contribution is 0.587. The Balaban J connectivity index is 1.81. The van der Waals surface area contributed by atoms with E-state index in [9.17, 15) is 14.0 Å². The van der Waals surface area contributed by atoms with Crippen molar-refractivity contribution in [2.75, 3.05) is 0 Å². The highest BCUT2D eigenvalue weighted by Gasteiger charge is 2.17. The fourth-order valence-corrected chi connectivity index (χ4v) is 3.62. The second-order valence-electron chi connectivity index (χ2n) is 6.40. The van der Waals surface area contributed by atoms with Crippen LogP contribution in [0.5, 0.6) is 0 Å². The van der Waals surface area contributed by atoms with E-state index >= 15 is 0 Å². The van der Waals surface area contributed by atoms with Gasteiger partial charge in [-0.1, -0.05) is 47.5 Å². The summed E-state index contributed by atoms with van der Waals surface area (Å²) in [6, 6.07) is 18.0. The standard InChI is InChI=1S/C23H11Cl2F2N3/c24-16-8-15(9-17(25)10-16)13-3-1-4-14(7-13)18-12-29-23(30-21(18)11-28)22-19(26)5-2-6-20(22)27/h1-10,12H. The second kappa shape index (κ2) is 8.19. The van der Waals surface area contributed by atoms with Crippen molar-refractivity contribution in [1.82, 2.24) is 9.97 Å². The maximum atomic E-state index is 14.1. The summed E-state index contributed by atoms with van der Waals surface area (Å²) >= 11 is 12.2. The quantitative estimate of drug-likeness (QED) is 0.348. The summed E-state index contributed by atoms with van der Waals surface area (Å²) in [6.45, 7) is 0. The Hall–Kier alpha value is -3.33. The zero-order valence-electron chi connectivity index (χ0n) is 15.2. The number of hydrogen-bond donors (Lipinski definition) is 0. The van der Waals surface area contributed by atoms with Crippen LogP contribution in [0.4, 0.5) is 8.78 Å². The Kier molecular flexibility index (Phi) is 5.45. The number of nitrogens with zero attached hydrogens (tertiary/aromatic N) is 3. The predicted octanol–water partition coefficient (Wildman–Crippen LogP) is 6.93. The van der Waals surface area contributed by atoms with Gasteiger partial charge in [-0.25, -0.2) is 18.7 Å². The van der Waals surface area contributed by atoms with E-state index in [0.717, 1.165) is 23.3 Å². The Labute approximate surface area is 181 Å². The highest BCUT2D eigenvalue weighted by Crippen LogP contribution is 2.32. The van der Waals surface area contributed by atoms with Gasteiger partial charge in [0.1, 0.15) is 17.7 Å². The van der Waals surface area contributed by atoms with E-state index in [0.29, 0.717) is 21.2 Å². The molecule has 0 saturated carbocycles. The summed E-state index contributed by atoms with van der Waals surface area (Å²) < 4.78 is 28.2. The molecule has 1 aromatic heterocycles. The van der Waals surface area contributed by atoms with Crippen molar-refractivity contribution in [3.05, 3.63) is 94.2 Å². The Morgan fingerprint density at radius 3 is 2.10 bits per heavy atom. The summed E-state index contributed by atoms with van der Waals surface area (Å²) in [5.74, 6) is -1.79. The lowest BCUT2D eigenvalue weighted by Crippen LogP contribution is -1.99. The molecular weight excluding hydrogens is 427 g/mol. The van der Waals surface area contributed by atoms with E-state index in [1.54, 1.807) is 24.3 Å². The largest absolute Gasteiger partial charge is 0.236 e. The summed E-state index contributed by atoms with van der Waals surface area (Å²) in [6.07, 6.45) is 1.39. The van der Waals surface area contributed by atoms with Crippen LogP contribution in [0.2, 0.25) is 10.0 Å². The summed E-state index contributed by atoms with van der Waals surface area (Å²) in [5, 5.41) is 10.6. The topological polar surface area (TPSA) is 49.6 Å². The van der Waals surface area contributed by atoms with Crippen molar-refractivity contribution in [1.29, 1.82) is 5.26 Å². The van der Waals surface area contributed by atoms with Crippen molar-refractivity contribution in [2.24, 2.45) is 0 Å². The van der Waals surface area contributed by atoms with Crippen LogP contribution in [-0.4, -0.2) is 9.97 Å². The van der Waals surface area contributed by atoms with Crippen molar-refractivity contribution in [3.63, 3.8) is 0 Å². The number of benzene rings is 3. The molecule has 0 atom stereocenters. The van der Waals surface area contributed by atoms with Gasteiger partial charge >= 0.3 is 0 Å². The van der Waals surface area contributed by atoms with Crippen LogP contribution in [0.1, 0.15) is 5.69 Å². The minimum atomic E-state index is -0.800. The molecule has 0 N–H and O–H groups in total. The maximum Gasteiger partial charge on any atom is 0.166 e. The maximum absolute atomic E-state index is 14.1. The van der Waals surface area contributed by atoms with Crippen LogP contribution in [0.3, 0.4) is 0 Å². The smallest absolute Gasteiger partial charge is 0.166 e. The number of aromatic nitrogens is 2. The fourth-order valence-electron chi connectivity index (χ4n) is 3.10. The average molecular weight is 438 g/mol. The molecule has 1 heterocycles. The van der Waals surface area contributed by atoms with Gasteiger partial charge in [0.25, 0.3) is 0 Å². The number of hydrogen-bond acceptors (Lipinski definition) is 3. The Bertz CT molecular complexity index is 1280. The molecule has 0 aliphatic carbocycles. The lowest BCUT2D eigenvalue weighted by Gasteiger charge is -2.09. The second-order valence-corrected chi connectivity index (χ2v) is 7.28. The number of halogens is 4. The minimum Gasteiger partial charge on any atom is -0.236 e. The minimum absolute atomic E-state index is 0.00364. The van der Waals surface area contributed by atoms with Crippen LogP contribution in [0.25, 0.3) is 33.6 Å². The summed E-state index contributed by atoms with van der Waals surface area (Å²) in [4.78, 5) is 8.20. The van der Waals surface area contributed by atoms with Gasteiger partial charge in [0.2, 0.25) is 0 Å². The predicted molar refractivity (Wildman–Crippen MR) is 113 cm³/mol. The Morgan fingerprint density at radius 1 is 0.800 bits per heavy atom. The first kappa shape index (κ1) is 20.0. The monoisotopic (exact) mass is 437 g/mol. The van der Waals surface area contributed by atoms with Gasteiger partial charge in [-0.2, -0.15) is 5.26 Å². The molecule has 0 saturated heterocycles. The van der Waals surface area contributed by atoms with Crippen molar-refractivity contribution in [3.8, 4) is 39.7 Å². The lowest BCUT2D eigenvalue weighted by atomic mass is 9.99. The molecule has 0 fully saturated rings. The normalized spacial score (nSPS) is 10.6. The zero-order chi connectivity index (χ0) is 21.3. The highest BCUT2D eigenvalue weighted by atomic mass is 35.5. The van der Waals surface area contributed by atoms with Crippen LogP contribution >= 0.6 is 23.2 Å². The average Bonchev–Trinajstić information content (AvgIpc) is 2.73.